The predicted octanol–water partition coefficient (Wildman–Crippen LogP) is 5.38. The van der Waals surface area contributed by atoms with Crippen LogP contribution in [0.1, 0.15) is 64.2 Å². The highest BCUT2D eigenvalue weighted by molar-refractivity contribution is 9.11. The zero-order valence-corrected chi connectivity index (χ0v) is 22.0. The van der Waals surface area contributed by atoms with Gasteiger partial charge in [0.05, 0.1) is 28.9 Å². The summed E-state index contributed by atoms with van der Waals surface area (Å²) in [5.74, 6) is -1.55. The number of nitrogens with one attached hydrogen (secondary N) is 1. The Kier molecular flexibility index (Phi) is 8.84. The summed E-state index contributed by atoms with van der Waals surface area (Å²) in [6.45, 7) is 0.284. The highest BCUT2D eigenvalue weighted by atomic mass is 79.9. The van der Waals surface area contributed by atoms with E-state index in [1.807, 2.05) is 11.0 Å². The highest BCUT2D eigenvalue weighted by Crippen LogP contribution is 2.46. The van der Waals surface area contributed by atoms with Crippen molar-refractivity contribution in [1.29, 1.82) is 0 Å². The lowest BCUT2D eigenvalue weighted by atomic mass is 9.78. The van der Waals surface area contributed by atoms with E-state index in [2.05, 4.69) is 21.2 Å². The van der Waals surface area contributed by atoms with Gasteiger partial charge in [-0.3, -0.25) is 9.69 Å². The van der Waals surface area contributed by atoms with Crippen molar-refractivity contribution in [2.75, 3.05) is 13.7 Å². The van der Waals surface area contributed by atoms with Crippen LogP contribution in [0.25, 0.3) is 0 Å². The van der Waals surface area contributed by atoms with E-state index < -0.39 is 24.2 Å². The number of fused-ring (bicyclic) bond motifs is 1. The molecule has 3 fully saturated rings. The van der Waals surface area contributed by atoms with Crippen molar-refractivity contribution in [3.63, 3.8) is 0 Å². The molecular formula is C24H36BrF3N2O3S. The van der Waals surface area contributed by atoms with E-state index in [9.17, 15) is 23.1 Å². The summed E-state index contributed by atoms with van der Waals surface area (Å²) < 4.78 is 47.1. The van der Waals surface area contributed by atoms with Crippen LogP contribution in [0.5, 0.6) is 0 Å². The first-order valence-electron chi connectivity index (χ1n) is 12.5. The Morgan fingerprint density at radius 2 is 1.94 bits per heavy atom. The molecule has 0 aromatic carbocycles. The molecule has 0 aromatic rings. The Balaban J connectivity index is 1.46. The summed E-state index contributed by atoms with van der Waals surface area (Å²) in [5, 5.41) is 14.8. The fourth-order valence-electron chi connectivity index (χ4n) is 6.42. The van der Waals surface area contributed by atoms with E-state index in [1.54, 1.807) is 11.8 Å². The Morgan fingerprint density at radius 1 is 1.24 bits per heavy atom. The molecule has 0 spiro atoms. The van der Waals surface area contributed by atoms with E-state index in [0.29, 0.717) is 25.2 Å². The van der Waals surface area contributed by atoms with E-state index in [4.69, 9.17) is 4.74 Å². The van der Waals surface area contributed by atoms with Crippen molar-refractivity contribution in [3.8, 4) is 0 Å². The second-order valence-electron chi connectivity index (χ2n) is 10.4. The van der Waals surface area contributed by atoms with Crippen LogP contribution in [0.3, 0.4) is 0 Å². The number of halogens is 4. The molecule has 10 heteroatoms. The molecular weight excluding hydrogens is 533 g/mol. The molecule has 1 saturated heterocycles. The molecule has 4 rings (SSSR count). The van der Waals surface area contributed by atoms with Crippen molar-refractivity contribution in [2.45, 2.75) is 93.3 Å². The van der Waals surface area contributed by atoms with Gasteiger partial charge in [0.15, 0.2) is 0 Å². The number of hydrogen-bond donors (Lipinski definition) is 2. The van der Waals surface area contributed by atoms with Gasteiger partial charge in [0.25, 0.3) is 0 Å². The first-order chi connectivity index (χ1) is 16.2. The Hall–Kier alpha value is -0.450. The average Bonchev–Trinajstić information content (AvgIpc) is 2.81. The first-order valence-corrected chi connectivity index (χ1v) is 14.3. The molecule has 6 atom stereocenters. The maximum absolute atomic E-state index is 13.8. The molecule has 2 saturated carbocycles. The van der Waals surface area contributed by atoms with Crippen LogP contribution in [-0.2, 0) is 9.53 Å². The van der Waals surface area contributed by atoms with Crippen LogP contribution < -0.4 is 5.32 Å². The molecule has 34 heavy (non-hydrogen) atoms. The molecule has 194 valence electrons. The Labute approximate surface area is 212 Å². The van der Waals surface area contributed by atoms with Gasteiger partial charge in [-0.25, -0.2) is 0 Å². The van der Waals surface area contributed by atoms with E-state index >= 15 is 0 Å². The lowest BCUT2D eigenvalue weighted by Gasteiger charge is -2.51. The van der Waals surface area contributed by atoms with Gasteiger partial charge in [-0.2, -0.15) is 13.2 Å². The van der Waals surface area contributed by atoms with Crippen LogP contribution in [0, 0.1) is 23.7 Å². The number of carbonyl (C=O) groups excluding carboxylic acids is 1. The molecule has 2 aliphatic carbocycles. The molecule has 0 radical (unpaired) electrons. The van der Waals surface area contributed by atoms with Crippen LogP contribution in [0.2, 0.25) is 0 Å². The number of nitrogens with zero attached hydrogens (tertiary/aromatic N) is 1. The standard InChI is InChI=1S/C24H36BrF3N2O3S/c1-33-23(32)15-8-6-14(7-9-15)12-19-22(31)30(18-10-11-20(25)29-21(18)34-19)13-16-4-2-3-5-17(16)24(26,27)28/h11,14-19,21-22,29,31H,2-10,12-13H2,1H3/t14?,15?,16?,17?,18?,19?,21-,22?/m0/s1. The van der Waals surface area contributed by atoms with Gasteiger partial charge in [0.1, 0.15) is 6.23 Å². The monoisotopic (exact) mass is 568 g/mol. The Morgan fingerprint density at radius 3 is 2.62 bits per heavy atom. The smallest absolute Gasteiger partial charge is 0.392 e. The summed E-state index contributed by atoms with van der Waals surface area (Å²) in [5.41, 5.74) is 0. The summed E-state index contributed by atoms with van der Waals surface area (Å²) in [4.78, 5) is 13.8. The largest absolute Gasteiger partial charge is 0.469 e. The quantitative estimate of drug-likeness (QED) is 0.343. The van der Waals surface area contributed by atoms with Crippen LogP contribution >= 0.6 is 27.7 Å². The van der Waals surface area contributed by atoms with Gasteiger partial charge < -0.3 is 15.2 Å². The predicted molar refractivity (Wildman–Crippen MR) is 130 cm³/mol. The fraction of sp³-hybridized carbons (Fsp3) is 0.875. The summed E-state index contributed by atoms with van der Waals surface area (Å²) in [6.07, 6.45) is 4.16. The third-order valence-electron chi connectivity index (χ3n) is 8.31. The number of ether oxygens (including phenoxy) is 1. The van der Waals surface area contributed by atoms with Crippen molar-refractivity contribution in [2.24, 2.45) is 23.7 Å². The van der Waals surface area contributed by atoms with Crippen molar-refractivity contribution < 1.29 is 27.8 Å². The number of methoxy groups -OCH3 is 1. The Bertz CT molecular complexity index is 747. The van der Waals surface area contributed by atoms with Gasteiger partial charge in [-0.05, 0) is 79.1 Å². The number of thioether (sulfide) groups is 1. The number of alkyl halides is 3. The minimum Gasteiger partial charge on any atom is -0.469 e. The van der Waals surface area contributed by atoms with E-state index in [-0.39, 0.29) is 41.5 Å². The molecule has 2 N–H and O–H groups in total. The van der Waals surface area contributed by atoms with Gasteiger partial charge in [0, 0.05) is 17.8 Å². The summed E-state index contributed by atoms with van der Waals surface area (Å²) in [7, 11) is 1.42. The van der Waals surface area contributed by atoms with Crippen LogP contribution in [0.4, 0.5) is 13.2 Å². The molecule has 0 amide bonds. The lowest BCUT2D eigenvalue weighted by Crippen LogP contribution is -2.62. The maximum atomic E-state index is 13.8. The third kappa shape index (κ3) is 6.09. The number of aliphatic hydroxyl groups excluding tert-OH is 1. The molecule has 0 bridgehead atoms. The van der Waals surface area contributed by atoms with Crippen molar-refractivity contribution >= 4 is 33.7 Å². The maximum Gasteiger partial charge on any atom is 0.392 e. The minimum absolute atomic E-state index is 0.0205. The molecule has 0 aromatic heterocycles. The van der Waals surface area contributed by atoms with Crippen molar-refractivity contribution in [1.82, 2.24) is 10.2 Å². The van der Waals surface area contributed by atoms with Gasteiger partial charge >= 0.3 is 12.1 Å². The minimum atomic E-state index is -4.19. The lowest BCUT2D eigenvalue weighted by molar-refractivity contribution is -0.201. The number of hydrogen-bond acceptors (Lipinski definition) is 6. The normalized spacial score (nSPS) is 39.5. The molecule has 2 heterocycles. The number of aliphatic hydroxyl groups is 1. The van der Waals surface area contributed by atoms with Gasteiger partial charge in [-0.15, -0.1) is 11.8 Å². The SMILES string of the molecule is COC(=O)C1CCC(CC2S[C@@H]3NC(Br)=CCC3N(CC3CCCCC3C(F)(F)F)C2O)CC1. The number of rotatable bonds is 5. The second-order valence-corrected chi connectivity index (χ2v) is 12.6. The zero-order chi connectivity index (χ0) is 24.5. The molecule has 4 aliphatic rings. The van der Waals surface area contributed by atoms with E-state index in [1.165, 1.54) is 7.11 Å². The fourth-order valence-corrected chi connectivity index (χ4v) is 8.70. The molecule has 5 nitrogen and oxygen atoms in total. The third-order valence-corrected chi connectivity index (χ3v) is 10.4. The zero-order valence-electron chi connectivity index (χ0n) is 19.6. The second kappa shape index (κ2) is 11.3. The van der Waals surface area contributed by atoms with Crippen molar-refractivity contribution in [3.05, 3.63) is 10.7 Å². The van der Waals surface area contributed by atoms with Gasteiger partial charge in [0.2, 0.25) is 0 Å². The molecule has 2 aliphatic heterocycles. The van der Waals surface area contributed by atoms with Gasteiger partial charge in [-0.1, -0.05) is 18.9 Å². The highest BCUT2D eigenvalue weighted by Gasteiger charge is 2.50. The average molecular weight is 570 g/mol. The number of carbonyl (C=O) groups is 1. The molecule has 5 unspecified atom stereocenters. The summed E-state index contributed by atoms with van der Waals surface area (Å²) in [6, 6.07) is -0.0385. The number of esters is 1. The summed E-state index contributed by atoms with van der Waals surface area (Å²) >= 11 is 5.25. The first kappa shape index (κ1) is 26.6. The van der Waals surface area contributed by atoms with Crippen LogP contribution in [-0.4, -0.2) is 58.7 Å². The topological polar surface area (TPSA) is 61.8 Å². The van der Waals surface area contributed by atoms with Crippen LogP contribution in [0.15, 0.2) is 10.7 Å². The van der Waals surface area contributed by atoms with E-state index in [0.717, 1.165) is 43.1 Å².